The van der Waals surface area contributed by atoms with Gasteiger partial charge in [0.05, 0.1) is 40.0 Å². The molecule has 246 valence electrons. The fraction of sp³-hybridized carbons (Fsp3) is 0.406. The van der Waals surface area contributed by atoms with Crippen LogP contribution in [0.4, 0.5) is 23.4 Å². The maximum absolute atomic E-state index is 16.3. The largest absolute Gasteiger partial charge is 0.491 e. The number of anilines is 1. The summed E-state index contributed by atoms with van der Waals surface area (Å²) in [5.41, 5.74) is -1.29. The number of carbonyl (C=O) groups excluding carboxylic acids is 2. The van der Waals surface area contributed by atoms with Crippen LogP contribution in [0, 0.1) is 23.0 Å². The number of nitrogens with zero attached hydrogens (tertiary/aromatic N) is 5. The van der Waals surface area contributed by atoms with Crippen LogP contribution in [0.15, 0.2) is 18.2 Å². The molecule has 0 fully saturated rings. The molecule has 0 bridgehead atoms. The summed E-state index contributed by atoms with van der Waals surface area (Å²) in [7, 11) is 0. The fourth-order valence-electron chi connectivity index (χ4n) is 5.68. The summed E-state index contributed by atoms with van der Waals surface area (Å²) in [5, 5.41) is 21.3. The number of hydrogen-bond donors (Lipinski definition) is 1. The van der Waals surface area contributed by atoms with Gasteiger partial charge in [0.1, 0.15) is 39.7 Å². The first-order valence-electron chi connectivity index (χ1n) is 14.8. The van der Waals surface area contributed by atoms with E-state index in [1.807, 2.05) is 10.6 Å². The van der Waals surface area contributed by atoms with Crippen LogP contribution in [0.2, 0.25) is 5.02 Å². The van der Waals surface area contributed by atoms with Gasteiger partial charge in [0.15, 0.2) is 11.6 Å². The smallest absolute Gasteiger partial charge is 0.412 e. The number of benzene rings is 2. The van der Waals surface area contributed by atoms with Gasteiger partial charge in [0.25, 0.3) is 0 Å². The lowest BCUT2D eigenvalue weighted by molar-refractivity contribution is 0.0152. The van der Waals surface area contributed by atoms with Crippen molar-refractivity contribution in [3.63, 3.8) is 0 Å². The zero-order valence-electron chi connectivity index (χ0n) is 26.5. The third-order valence-electron chi connectivity index (χ3n) is 7.44. The van der Waals surface area contributed by atoms with Crippen molar-refractivity contribution < 1.29 is 32.6 Å². The Morgan fingerprint density at radius 3 is 2.51 bits per heavy atom. The van der Waals surface area contributed by atoms with E-state index in [4.69, 9.17) is 25.8 Å². The minimum Gasteiger partial charge on any atom is -0.491 e. The number of aromatic nitrogens is 3. The Labute approximate surface area is 278 Å². The summed E-state index contributed by atoms with van der Waals surface area (Å²) >= 11 is 7.75. The molecule has 47 heavy (non-hydrogen) atoms. The van der Waals surface area contributed by atoms with Crippen molar-refractivity contribution in [3.8, 4) is 34.3 Å². The molecule has 4 aromatic rings. The molecule has 0 aliphatic carbocycles. The highest BCUT2D eigenvalue weighted by Gasteiger charge is 2.37. The summed E-state index contributed by atoms with van der Waals surface area (Å²) < 4.78 is 50.4. The van der Waals surface area contributed by atoms with Crippen molar-refractivity contribution in [1.29, 1.82) is 5.26 Å². The number of amides is 2. The monoisotopic (exact) mass is 684 g/mol. The Hall–Kier alpha value is -4.48. The summed E-state index contributed by atoms with van der Waals surface area (Å²) in [6.07, 6.45) is -0.857. The first-order chi connectivity index (χ1) is 22.1. The van der Waals surface area contributed by atoms with Crippen molar-refractivity contribution in [2.75, 3.05) is 18.5 Å². The number of hydrogen-bond acceptors (Lipinski definition) is 9. The molecule has 0 saturated heterocycles. The molecule has 1 atom stereocenters. The van der Waals surface area contributed by atoms with Crippen molar-refractivity contribution in [2.24, 2.45) is 0 Å². The first kappa shape index (κ1) is 32.5. The quantitative estimate of drug-likeness (QED) is 0.224. The molecular weight excluding hydrogens is 654 g/mol. The SMILES string of the molecule is CC(C)(C)OC(=O)Nc1sc2c(F)ccc(-c3c(F)cc4c(c3Cl)OCC[C@H]3CN(C(=O)OC(C)(C)C)Cc5nnc-4n53)c2c1C#N. The van der Waals surface area contributed by atoms with Crippen LogP contribution in [0.25, 0.3) is 32.6 Å². The van der Waals surface area contributed by atoms with Crippen molar-refractivity contribution in [1.82, 2.24) is 19.7 Å². The van der Waals surface area contributed by atoms with Crippen LogP contribution in [0.3, 0.4) is 0 Å². The van der Waals surface area contributed by atoms with Gasteiger partial charge in [0.2, 0.25) is 0 Å². The van der Waals surface area contributed by atoms with E-state index in [9.17, 15) is 14.9 Å². The molecule has 1 N–H and O–H groups in total. The van der Waals surface area contributed by atoms with Crippen LogP contribution in [-0.2, 0) is 16.0 Å². The van der Waals surface area contributed by atoms with Crippen LogP contribution >= 0.6 is 22.9 Å². The molecule has 2 aromatic heterocycles. The van der Waals surface area contributed by atoms with E-state index in [-0.39, 0.29) is 67.3 Å². The maximum atomic E-state index is 16.3. The number of nitriles is 1. The Morgan fingerprint density at radius 2 is 1.83 bits per heavy atom. The van der Waals surface area contributed by atoms with E-state index in [2.05, 4.69) is 15.5 Å². The minimum atomic E-state index is -0.828. The fourth-order valence-corrected chi connectivity index (χ4v) is 7.10. The highest BCUT2D eigenvalue weighted by Crippen LogP contribution is 2.50. The van der Waals surface area contributed by atoms with Crippen LogP contribution < -0.4 is 10.1 Å². The number of nitrogens with one attached hydrogen (secondary N) is 1. The summed E-state index contributed by atoms with van der Waals surface area (Å²) in [4.78, 5) is 27.0. The molecule has 0 unspecified atom stereocenters. The molecule has 6 rings (SSSR count). The van der Waals surface area contributed by atoms with Gasteiger partial charge in [-0.25, -0.2) is 18.4 Å². The predicted molar refractivity (Wildman–Crippen MR) is 172 cm³/mol. The van der Waals surface area contributed by atoms with Crippen molar-refractivity contribution >= 4 is 50.2 Å². The molecule has 0 radical (unpaired) electrons. The van der Waals surface area contributed by atoms with E-state index in [0.717, 1.165) is 17.4 Å². The molecular formula is C32H31ClF2N6O5S. The Morgan fingerprint density at radius 1 is 1.11 bits per heavy atom. The van der Waals surface area contributed by atoms with E-state index >= 15 is 8.78 Å². The number of halogens is 3. The predicted octanol–water partition coefficient (Wildman–Crippen LogP) is 8.05. The lowest BCUT2D eigenvalue weighted by Crippen LogP contribution is -2.44. The third-order valence-corrected chi connectivity index (χ3v) is 8.92. The third kappa shape index (κ3) is 6.05. The lowest BCUT2D eigenvalue weighted by atomic mass is 9.96. The van der Waals surface area contributed by atoms with Gasteiger partial charge in [-0.3, -0.25) is 10.2 Å². The second kappa shape index (κ2) is 11.6. The summed E-state index contributed by atoms with van der Waals surface area (Å²) in [6, 6.07) is 5.45. The number of thiophene rings is 1. The van der Waals surface area contributed by atoms with Gasteiger partial charge < -0.3 is 18.8 Å². The molecule has 2 aromatic carbocycles. The number of ether oxygens (including phenoxy) is 3. The van der Waals surface area contributed by atoms with Gasteiger partial charge in [-0.1, -0.05) is 17.7 Å². The van der Waals surface area contributed by atoms with Gasteiger partial charge in [0, 0.05) is 23.9 Å². The van der Waals surface area contributed by atoms with Gasteiger partial charge in [-0.2, -0.15) is 5.26 Å². The second-order valence-electron chi connectivity index (χ2n) is 13.2. The Kier molecular flexibility index (Phi) is 8.04. The highest BCUT2D eigenvalue weighted by atomic mass is 35.5. The van der Waals surface area contributed by atoms with Crippen molar-refractivity contribution in [2.45, 2.75) is 71.8 Å². The van der Waals surface area contributed by atoms with E-state index in [0.29, 0.717) is 24.6 Å². The molecule has 4 heterocycles. The van der Waals surface area contributed by atoms with Gasteiger partial charge >= 0.3 is 12.2 Å². The van der Waals surface area contributed by atoms with E-state index in [1.54, 1.807) is 46.4 Å². The number of carbonyl (C=O) groups is 2. The van der Waals surface area contributed by atoms with Gasteiger partial charge in [-0.15, -0.1) is 21.5 Å². The molecule has 2 aliphatic heterocycles. The first-order valence-corrected chi connectivity index (χ1v) is 16.0. The van der Waals surface area contributed by atoms with Crippen LogP contribution in [0.5, 0.6) is 5.75 Å². The Bertz CT molecular complexity index is 1990. The molecule has 2 amide bonds. The number of fused-ring (bicyclic) bond motifs is 3. The van der Waals surface area contributed by atoms with Crippen LogP contribution in [-0.4, -0.2) is 56.2 Å². The molecule has 0 spiro atoms. The molecule has 15 heteroatoms. The summed E-state index contributed by atoms with van der Waals surface area (Å²) in [6.45, 7) is 11.0. The molecule has 0 saturated carbocycles. The highest BCUT2D eigenvalue weighted by molar-refractivity contribution is 7.23. The normalized spacial score (nSPS) is 15.9. The average molecular weight is 685 g/mol. The van der Waals surface area contributed by atoms with E-state index < -0.39 is 35.0 Å². The lowest BCUT2D eigenvalue weighted by Gasteiger charge is -2.36. The maximum Gasteiger partial charge on any atom is 0.412 e. The topological polar surface area (TPSA) is 132 Å². The zero-order valence-corrected chi connectivity index (χ0v) is 28.0. The minimum absolute atomic E-state index is 0.0251. The second-order valence-corrected chi connectivity index (χ2v) is 14.6. The zero-order chi connectivity index (χ0) is 34.0. The Balaban J connectivity index is 1.44. The standard InChI is InChI=1S/C32H31ClF2N6O5S/c1-31(2,3)45-29(42)37-28-18(12-36)22-16(7-8-19(34)26(22)47-28)23-20(35)11-17-25(24(23)33)44-10-9-15-13-40(30(43)46-32(4,5)6)14-21-38-39-27(17)41(15)21/h7-8,11,15H,9-10,13-14H2,1-6H3,(H,37,42)/t15-/m0/s1. The van der Waals surface area contributed by atoms with E-state index in [1.165, 1.54) is 12.1 Å². The summed E-state index contributed by atoms with van der Waals surface area (Å²) in [5.74, 6) is -0.481. The van der Waals surface area contributed by atoms with Gasteiger partial charge in [-0.05, 0) is 59.2 Å². The number of rotatable bonds is 2. The van der Waals surface area contributed by atoms with Crippen LogP contribution in [0.1, 0.15) is 65.4 Å². The average Bonchev–Trinajstić information content (AvgIpc) is 3.54. The molecule has 2 aliphatic rings. The molecule has 11 nitrogen and oxygen atoms in total. The van der Waals surface area contributed by atoms with Crippen molar-refractivity contribution in [3.05, 3.63) is 46.2 Å².